The van der Waals surface area contributed by atoms with E-state index in [4.69, 9.17) is 4.74 Å². The molecule has 0 saturated heterocycles. The standard InChI is InChI=1S/C21H25N3O8S/c1-14(19(25)26)23(13-15-7-5-6-8-18(15)24(28)29)33(30,31)17-11-9-16(10-12-17)22-20(27)32-21(2,3)4/h5-12,14H,13H2,1-4H3,(H,22,27)(H,25,26). The molecule has 33 heavy (non-hydrogen) atoms. The molecule has 0 spiro atoms. The number of carboxylic acids is 1. The summed E-state index contributed by atoms with van der Waals surface area (Å²) in [6, 6.07) is 9.04. The van der Waals surface area contributed by atoms with Gasteiger partial charge in [-0.1, -0.05) is 18.2 Å². The first-order chi connectivity index (χ1) is 15.2. The van der Waals surface area contributed by atoms with Crippen molar-refractivity contribution in [3.05, 3.63) is 64.2 Å². The van der Waals surface area contributed by atoms with Gasteiger partial charge in [-0.2, -0.15) is 4.31 Å². The zero-order valence-corrected chi connectivity index (χ0v) is 19.3. The number of sulfonamides is 1. The maximum atomic E-state index is 13.3. The number of hydrogen-bond donors (Lipinski definition) is 2. The molecule has 0 aliphatic heterocycles. The van der Waals surface area contributed by atoms with Crippen molar-refractivity contribution in [1.29, 1.82) is 0 Å². The van der Waals surface area contributed by atoms with Crippen LogP contribution in [-0.2, 0) is 26.1 Å². The van der Waals surface area contributed by atoms with E-state index in [1.165, 1.54) is 55.5 Å². The normalized spacial score (nSPS) is 12.8. The molecule has 0 saturated carbocycles. The number of nitrogens with one attached hydrogen (secondary N) is 1. The molecule has 2 N–H and O–H groups in total. The van der Waals surface area contributed by atoms with Gasteiger partial charge in [0, 0.05) is 23.9 Å². The van der Waals surface area contributed by atoms with Gasteiger partial charge in [0.1, 0.15) is 11.6 Å². The van der Waals surface area contributed by atoms with Crippen molar-refractivity contribution in [1.82, 2.24) is 4.31 Å². The number of nitrogens with zero attached hydrogens (tertiary/aromatic N) is 2. The second-order valence-electron chi connectivity index (χ2n) is 8.10. The number of carbonyl (C=O) groups is 2. The summed E-state index contributed by atoms with van der Waals surface area (Å²) >= 11 is 0. The molecule has 11 nitrogen and oxygen atoms in total. The van der Waals surface area contributed by atoms with Crippen LogP contribution in [0, 0.1) is 10.1 Å². The third-order valence-corrected chi connectivity index (χ3v) is 6.34. The lowest BCUT2D eigenvalue weighted by atomic mass is 10.1. The van der Waals surface area contributed by atoms with Crippen LogP contribution in [0.1, 0.15) is 33.3 Å². The topological polar surface area (TPSA) is 156 Å². The van der Waals surface area contributed by atoms with Crippen LogP contribution in [0.15, 0.2) is 53.4 Å². The van der Waals surface area contributed by atoms with Gasteiger partial charge in [-0.25, -0.2) is 13.2 Å². The van der Waals surface area contributed by atoms with Crippen LogP contribution in [0.25, 0.3) is 0 Å². The minimum Gasteiger partial charge on any atom is -0.480 e. The van der Waals surface area contributed by atoms with E-state index in [-0.39, 0.29) is 21.8 Å². The van der Waals surface area contributed by atoms with E-state index in [0.717, 1.165) is 0 Å². The summed E-state index contributed by atoms with van der Waals surface area (Å²) in [5.41, 5.74) is -0.740. The monoisotopic (exact) mass is 479 g/mol. The number of amides is 1. The molecule has 0 heterocycles. The number of carbonyl (C=O) groups excluding carboxylic acids is 1. The molecule has 0 bridgehead atoms. The Morgan fingerprint density at radius 2 is 1.73 bits per heavy atom. The van der Waals surface area contributed by atoms with Crippen LogP contribution in [0.2, 0.25) is 0 Å². The minimum absolute atomic E-state index is 0.0439. The number of hydrogen-bond acceptors (Lipinski definition) is 7. The van der Waals surface area contributed by atoms with Gasteiger partial charge in [-0.3, -0.25) is 20.2 Å². The highest BCUT2D eigenvalue weighted by atomic mass is 32.2. The van der Waals surface area contributed by atoms with Crippen molar-refractivity contribution in [2.24, 2.45) is 0 Å². The van der Waals surface area contributed by atoms with Gasteiger partial charge in [-0.15, -0.1) is 0 Å². The number of nitro groups is 1. The summed E-state index contributed by atoms with van der Waals surface area (Å²) in [6.45, 7) is 5.73. The molecule has 178 valence electrons. The summed E-state index contributed by atoms with van der Waals surface area (Å²) in [5, 5.41) is 23.2. The third-order valence-electron chi connectivity index (χ3n) is 4.41. The molecule has 0 aliphatic carbocycles. The lowest BCUT2D eigenvalue weighted by Crippen LogP contribution is -2.42. The SMILES string of the molecule is CC(C(=O)O)N(Cc1ccccc1[N+](=O)[O-])S(=O)(=O)c1ccc(NC(=O)OC(C)(C)C)cc1. The van der Waals surface area contributed by atoms with Crippen LogP contribution >= 0.6 is 0 Å². The molecule has 1 unspecified atom stereocenters. The summed E-state index contributed by atoms with van der Waals surface area (Å²) < 4.78 is 32.3. The van der Waals surface area contributed by atoms with E-state index in [9.17, 15) is 33.2 Å². The smallest absolute Gasteiger partial charge is 0.412 e. The first kappa shape index (κ1) is 25.7. The second kappa shape index (κ2) is 9.96. The van der Waals surface area contributed by atoms with Crippen LogP contribution < -0.4 is 5.32 Å². The fraction of sp³-hybridized carbons (Fsp3) is 0.333. The number of benzene rings is 2. The average Bonchev–Trinajstić information content (AvgIpc) is 2.70. The molecule has 0 fully saturated rings. The van der Waals surface area contributed by atoms with E-state index in [0.29, 0.717) is 4.31 Å². The summed E-state index contributed by atoms with van der Waals surface area (Å²) in [7, 11) is -4.37. The van der Waals surface area contributed by atoms with Crippen LogP contribution in [0.3, 0.4) is 0 Å². The van der Waals surface area contributed by atoms with Gasteiger partial charge in [0.25, 0.3) is 5.69 Å². The molecule has 0 radical (unpaired) electrons. The van der Waals surface area contributed by atoms with Crippen LogP contribution in [-0.4, -0.2) is 46.5 Å². The Morgan fingerprint density at radius 3 is 2.24 bits per heavy atom. The molecular formula is C21H25N3O8S. The van der Waals surface area contributed by atoms with Gasteiger partial charge in [0.05, 0.1) is 9.82 Å². The van der Waals surface area contributed by atoms with Gasteiger partial charge in [0.2, 0.25) is 10.0 Å². The van der Waals surface area contributed by atoms with E-state index in [2.05, 4.69) is 5.32 Å². The van der Waals surface area contributed by atoms with Crippen molar-refractivity contribution in [2.75, 3.05) is 5.32 Å². The Kier molecular flexibility index (Phi) is 7.77. The Morgan fingerprint density at radius 1 is 1.15 bits per heavy atom. The number of carboxylic acid groups (broad SMARTS) is 1. The fourth-order valence-corrected chi connectivity index (χ4v) is 4.38. The van der Waals surface area contributed by atoms with E-state index >= 15 is 0 Å². The van der Waals surface area contributed by atoms with Gasteiger partial charge >= 0.3 is 12.1 Å². The number of rotatable bonds is 8. The number of para-hydroxylation sites is 1. The quantitative estimate of drug-likeness (QED) is 0.429. The van der Waals surface area contributed by atoms with E-state index < -0.39 is 45.2 Å². The molecule has 2 rings (SSSR count). The number of anilines is 1. The number of aliphatic carboxylic acids is 1. The Balaban J connectivity index is 2.37. The van der Waals surface area contributed by atoms with E-state index in [1.807, 2.05) is 0 Å². The summed E-state index contributed by atoms with van der Waals surface area (Å²) in [6.07, 6.45) is -0.726. The Bertz CT molecular complexity index is 1140. The number of ether oxygens (including phenoxy) is 1. The molecule has 0 aromatic heterocycles. The van der Waals surface area contributed by atoms with Crippen molar-refractivity contribution in [3.63, 3.8) is 0 Å². The highest BCUT2D eigenvalue weighted by Gasteiger charge is 2.34. The maximum Gasteiger partial charge on any atom is 0.412 e. The van der Waals surface area contributed by atoms with Crippen LogP contribution in [0.5, 0.6) is 0 Å². The molecular weight excluding hydrogens is 454 g/mol. The highest BCUT2D eigenvalue weighted by molar-refractivity contribution is 7.89. The molecule has 12 heteroatoms. The van der Waals surface area contributed by atoms with Gasteiger partial charge in [-0.05, 0) is 52.0 Å². The van der Waals surface area contributed by atoms with Crippen LogP contribution in [0.4, 0.5) is 16.2 Å². The maximum absolute atomic E-state index is 13.3. The van der Waals surface area contributed by atoms with Crippen molar-refractivity contribution >= 4 is 33.5 Å². The van der Waals surface area contributed by atoms with Gasteiger partial charge in [0.15, 0.2) is 0 Å². The average molecular weight is 480 g/mol. The van der Waals surface area contributed by atoms with Crippen molar-refractivity contribution < 1.29 is 32.8 Å². The molecule has 0 aliphatic rings. The second-order valence-corrected chi connectivity index (χ2v) is 9.99. The first-order valence-electron chi connectivity index (χ1n) is 9.79. The zero-order chi connectivity index (χ0) is 25.0. The molecule has 2 aromatic rings. The summed E-state index contributed by atoms with van der Waals surface area (Å²) in [4.78, 5) is 33.9. The molecule has 1 atom stereocenters. The first-order valence-corrected chi connectivity index (χ1v) is 11.2. The number of nitro benzene ring substituents is 1. The van der Waals surface area contributed by atoms with E-state index in [1.54, 1.807) is 20.8 Å². The largest absolute Gasteiger partial charge is 0.480 e. The summed E-state index contributed by atoms with van der Waals surface area (Å²) in [5.74, 6) is -1.42. The Hall–Kier alpha value is -3.51. The predicted molar refractivity (Wildman–Crippen MR) is 119 cm³/mol. The molecule has 1 amide bonds. The van der Waals surface area contributed by atoms with Crippen molar-refractivity contribution in [2.45, 2.75) is 50.8 Å². The van der Waals surface area contributed by atoms with Crippen molar-refractivity contribution in [3.8, 4) is 0 Å². The third kappa shape index (κ3) is 6.73. The lowest BCUT2D eigenvalue weighted by molar-refractivity contribution is -0.385. The Labute approximate surface area is 191 Å². The van der Waals surface area contributed by atoms with Gasteiger partial charge < -0.3 is 9.84 Å². The molecule has 2 aromatic carbocycles. The lowest BCUT2D eigenvalue weighted by Gasteiger charge is -2.26. The predicted octanol–water partition coefficient (Wildman–Crippen LogP) is 3.61. The fourth-order valence-electron chi connectivity index (χ4n) is 2.81. The zero-order valence-electron chi connectivity index (χ0n) is 18.5. The highest BCUT2D eigenvalue weighted by Crippen LogP contribution is 2.26. The minimum atomic E-state index is -4.37.